The van der Waals surface area contributed by atoms with Crippen LogP contribution in [0.1, 0.15) is 55.8 Å². The molecule has 0 aliphatic heterocycles. The summed E-state index contributed by atoms with van der Waals surface area (Å²) in [6.07, 6.45) is 4.18. The largest absolute Gasteiger partial charge is 0.310 e. The maximum absolute atomic E-state index is 3.74. The molecule has 0 bridgehead atoms. The van der Waals surface area contributed by atoms with Crippen LogP contribution in [-0.2, 0) is 0 Å². The van der Waals surface area contributed by atoms with Gasteiger partial charge < -0.3 is 5.32 Å². The van der Waals surface area contributed by atoms with Gasteiger partial charge in [-0.1, -0.05) is 44.9 Å². The molecular weight excluding hydrogens is 218 g/mol. The van der Waals surface area contributed by atoms with E-state index in [0.29, 0.717) is 6.04 Å². The average Bonchev–Trinajstić information content (AvgIpc) is 2.76. The Bertz CT molecular complexity index is 397. The maximum Gasteiger partial charge on any atom is 0.0353 e. The van der Waals surface area contributed by atoms with Crippen molar-refractivity contribution in [1.82, 2.24) is 5.32 Å². The second kappa shape index (κ2) is 5.88. The average molecular weight is 245 g/mol. The molecule has 1 heteroatoms. The van der Waals surface area contributed by atoms with Crippen molar-refractivity contribution in [3.63, 3.8) is 0 Å². The van der Waals surface area contributed by atoms with Gasteiger partial charge in [0.1, 0.15) is 0 Å². The second-order valence-electron chi connectivity index (χ2n) is 5.90. The van der Waals surface area contributed by atoms with Gasteiger partial charge in [0.2, 0.25) is 0 Å². The van der Waals surface area contributed by atoms with Crippen LogP contribution in [0.3, 0.4) is 0 Å². The van der Waals surface area contributed by atoms with Gasteiger partial charge in [0, 0.05) is 6.04 Å². The molecule has 0 amide bonds. The summed E-state index contributed by atoms with van der Waals surface area (Å²) in [5, 5.41) is 3.74. The fraction of sp³-hybridized carbons (Fsp3) is 0.647. The van der Waals surface area contributed by atoms with Gasteiger partial charge in [0.15, 0.2) is 0 Å². The predicted molar refractivity (Wildman–Crippen MR) is 78.8 cm³/mol. The zero-order valence-electron chi connectivity index (χ0n) is 12.3. The van der Waals surface area contributed by atoms with Crippen molar-refractivity contribution in [1.29, 1.82) is 0 Å². The summed E-state index contributed by atoms with van der Waals surface area (Å²) in [4.78, 5) is 0. The van der Waals surface area contributed by atoms with Crippen LogP contribution >= 0.6 is 0 Å². The number of benzene rings is 1. The Kier molecular flexibility index (Phi) is 4.45. The van der Waals surface area contributed by atoms with Crippen LogP contribution in [0.2, 0.25) is 0 Å². The van der Waals surface area contributed by atoms with Crippen molar-refractivity contribution in [3.05, 3.63) is 34.9 Å². The fourth-order valence-corrected chi connectivity index (χ4v) is 3.49. The van der Waals surface area contributed by atoms with E-state index in [1.165, 1.54) is 36.0 Å². The van der Waals surface area contributed by atoms with Gasteiger partial charge >= 0.3 is 0 Å². The molecule has 1 nitrogen and oxygen atoms in total. The summed E-state index contributed by atoms with van der Waals surface area (Å²) in [5.74, 6) is 1.67. The predicted octanol–water partition coefficient (Wildman–Crippen LogP) is 4.39. The van der Waals surface area contributed by atoms with Gasteiger partial charge in [-0.15, -0.1) is 0 Å². The Morgan fingerprint density at radius 2 is 2.06 bits per heavy atom. The molecule has 3 atom stereocenters. The van der Waals surface area contributed by atoms with E-state index < -0.39 is 0 Å². The van der Waals surface area contributed by atoms with Crippen LogP contribution in [0.15, 0.2) is 18.2 Å². The number of hydrogen-bond donors (Lipinski definition) is 1. The fourth-order valence-electron chi connectivity index (χ4n) is 3.49. The minimum atomic E-state index is 0.549. The quantitative estimate of drug-likeness (QED) is 0.829. The summed E-state index contributed by atoms with van der Waals surface area (Å²) < 4.78 is 0. The third-order valence-corrected chi connectivity index (χ3v) is 4.76. The Hall–Kier alpha value is -0.820. The summed E-state index contributed by atoms with van der Waals surface area (Å²) in [7, 11) is 0. The Labute approximate surface area is 112 Å². The summed E-state index contributed by atoms with van der Waals surface area (Å²) in [6.45, 7) is 10.2. The monoisotopic (exact) mass is 245 g/mol. The molecule has 0 spiro atoms. The maximum atomic E-state index is 3.74. The van der Waals surface area contributed by atoms with Crippen molar-refractivity contribution >= 4 is 0 Å². The third-order valence-electron chi connectivity index (χ3n) is 4.76. The number of aryl methyl sites for hydroxylation is 1. The molecule has 1 aromatic rings. The molecule has 0 saturated heterocycles. The molecule has 1 fully saturated rings. The van der Waals surface area contributed by atoms with E-state index >= 15 is 0 Å². The standard InChI is InChI=1S/C17H27N/c1-5-18-17(15-10-7-9-13(15)3)16-11-6-8-12(2)14(16)4/h6,8,11,13,15,17-18H,5,7,9-10H2,1-4H3. The van der Waals surface area contributed by atoms with Crippen molar-refractivity contribution in [2.45, 2.75) is 53.0 Å². The van der Waals surface area contributed by atoms with Crippen molar-refractivity contribution in [3.8, 4) is 0 Å². The first-order chi connectivity index (χ1) is 8.65. The number of hydrogen-bond acceptors (Lipinski definition) is 1. The highest BCUT2D eigenvalue weighted by Crippen LogP contribution is 2.41. The molecule has 0 radical (unpaired) electrons. The van der Waals surface area contributed by atoms with Gasteiger partial charge in [-0.3, -0.25) is 0 Å². The van der Waals surface area contributed by atoms with E-state index in [0.717, 1.165) is 18.4 Å². The SMILES string of the molecule is CCNC(c1cccc(C)c1C)C1CCCC1C. The number of rotatable bonds is 4. The molecule has 0 heterocycles. The highest BCUT2D eigenvalue weighted by Gasteiger charge is 2.32. The molecule has 2 rings (SSSR count). The number of nitrogens with one attached hydrogen (secondary N) is 1. The van der Waals surface area contributed by atoms with E-state index in [1.807, 2.05) is 0 Å². The summed E-state index contributed by atoms with van der Waals surface area (Å²) >= 11 is 0. The zero-order valence-corrected chi connectivity index (χ0v) is 12.3. The van der Waals surface area contributed by atoms with Crippen LogP contribution in [0.25, 0.3) is 0 Å². The third kappa shape index (κ3) is 2.61. The van der Waals surface area contributed by atoms with E-state index in [1.54, 1.807) is 0 Å². The second-order valence-corrected chi connectivity index (χ2v) is 5.90. The summed E-state index contributed by atoms with van der Waals surface area (Å²) in [6, 6.07) is 7.30. The first-order valence-electron chi connectivity index (χ1n) is 7.44. The molecule has 1 saturated carbocycles. The minimum absolute atomic E-state index is 0.549. The highest BCUT2D eigenvalue weighted by molar-refractivity contribution is 5.36. The van der Waals surface area contributed by atoms with Gasteiger partial charge in [-0.2, -0.15) is 0 Å². The van der Waals surface area contributed by atoms with Gasteiger partial charge in [0.05, 0.1) is 0 Å². The molecule has 18 heavy (non-hydrogen) atoms. The molecule has 0 aromatic heterocycles. The molecule has 100 valence electrons. The first kappa shape index (κ1) is 13.6. The molecule has 3 unspecified atom stereocenters. The lowest BCUT2D eigenvalue weighted by atomic mass is 9.83. The Morgan fingerprint density at radius 1 is 1.28 bits per heavy atom. The lowest BCUT2D eigenvalue weighted by molar-refractivity contribution is 0.305. The van der Waals surface area contributed by atoms with E-state index in [9.17, 15) is 0 Å². The van der Waals surface area contributed by atoms with Crippen LogP contribution in [-0.4, -0.2) is 6.54 Å². The van der Waals surface area contributed by atoms with Crippen LogP contribution in [0.4, 0.5) is 0 Å². The molecule has 1 N–H and O–H groups in total. The van der Waals surface area contributed by atoms with Gasteiger partial charge in [-0.05, 0) is 55.3 Å². The lowest BCUT2D eigenvalue weighted by Crippen LogP contribution is -2.30. The Morgan fingerprint density at radius 3 is 2.67 bits per heavy atom. The first-order valence-corrected chi connectivity index (χ1v) is 7.44. The molecule has 1 aliphatic carbocycles. The van der Waals surface area contributed by atoms with Crippen LogP contribution in [0.5, 0.6) is 0 Å². The normalized spacial score (nSPS) is 25.3. The van der Waals surface area contributed by atoms with Crippen molar-refractivity contribution in [2.75, 3.05) is 6.54 Å². The van der Waals surface area contributed by atoms with Gasteiger partial charge in [0.25, 0.3) is 0 Å². The highest BCUT2D eigenvalue weighted by atomic mass is 14.9. The van der Waals surface area contributed by atoms with Crippen molar-refractivity contribution in [2.24, 2.45) is 11.8 Å². The topological polar surface area (TPSA) is 12.0 Å². The minimum Gasteiger partial charge on any atom is -0.310 e. The van der Waals surface area contributed by atoms with E-state index in [4.69, 9.17) is 0 Å². The summed E-state index contributed by atoms with van der Waals surface area (Å²) in [5.41, 5.74) is 4.42. The van der Waals surface area contributed by atoms with Crippen molar-refractivity contribution < 1.29 is 0 Å². The Balaban J connectivity index is 2.31. The molecule has 1 aromatic carbocycles. The zero-order chi connectivity index (χ0) is 13.1. The van der Waals surface area contributed by atoms with Crippen LogP contribution in [0, 0.1) is 25.7 Å². The molecule has 1 aliphatic rings. The molecular formula is C17H27N. The lowest BCUT2D eigenvalue weighted by Gasteiger charge is -2.30. The smallest absolute Gasteiger partial charge is 0.0353 e. The van der Waals surface area contributed by atoms with E-state index in [-0.39, 0.29) is 0 Å². The van der Waals surface area contributed by atoms with E-state index in [2.05, 4.69) is 51.2 Å². The van der Waals surface area contributed by atoms with Crippen LogP contribution < -0.4 is 5.32 Å². The van der Waals surface area contributed by atoms with Gasteiger partial charge in [-0.25, -0.2) is 0 Å².